The zero-order valence-electron chi connectivity index (χ0n) is 11.8. The van der Waals surface area contributed by atoms with Crippen LogP contribution in [0.15, 0.2) is 12.2 Å². The van der Waals surface area contributed by atoms with Gasteiger partial charge in [0.05, 0.1) is 7.11 Å². The Kier molecular flexibility index (Phi) is 7.52. The second kappa shape index (κ2) is 8.16. The first-order valence-corrected chi connectivity index (χ1v) is 6.07. The molecule has 0 amide bonds. The van der Waals surface area contributed by atoms with Crippen molar-refractivity contribution < 1.29 is 49.8 Å². The first-order chi connectivity index (χ1) is 10.3. The summed E-state index contributed by atoms with van der Waals surface area (Å²) in [6.45, 7) is -0.360. The Hall–Kier alpha value is -1.81. The minimum absolute atomic E-state index is 0.360. The summed E-state index contributed by atoms with van der Waals surface area (Å²) >= 11 is 0. The minimum atomic E-state index is -6.38. The van der Waals surface area contributed by atoms with Crippen LogP contribution in [-0.2, 0) is 14.3 Å². The van der Waals surface area contributed by atoms with Gasteiger partial charge >= 0.3 is 24.2 Å². The number of ketones is 1. The molecule has 0 aliphatic heterocycles. The summed E-state index contributed by atoms with van der Waals surface area (Å²) in [6.07, 6.45) is -8.91. The molecule has 0 aromatic heterocycles. The molecule has 0 saturated carbocycles. The van der Waals surface area contributed by atoms with E-state index >= 15 is 0 Å². The molecule has 0 rings (SSSR count). The highest BCUT2D eigenvalue weighted by Gasteiger charge is 2.72. The first-order valence-electron chi connectivity index (χ1n) is 6.07. The van der Waals surface area contributed by atoms with Crippen LogP contribution >= 0.6 is 0 Å². The summed E-state index contributed by atoms with van der Waals surface area (Å²) in [7, 11) is 1.04. The predicted octanol–water partition coefficient (Wildman–Crippen LogP) is 3.90. The summed E-state index contributed by atoms with van der Waals surface area (Å²) in [4.78, 5) is 21.7. The summed E-state index contributed by atoms with van der Waals surface area (Å²) in [5.74, 6) is -12.3. The van der Waals surface area contributed by atoms with Crippen molar-refractivity contribution in [2.75, 3.05) is 13.7 Å². The molecular weight excluding hydrogens is 341 g/mol. The molecule has 0 bridgehead atoms. The molecule has 134 valence electrons. The number of allylic oxidation sites excluding steroid dienone is 1. The molecule has 0 aromatic carbocycles. The van der Waals surface area contributed by atoms with Gasteiger partial charge in [0.1, 0.15) is 6.61 Å². The van der Waals surface area contributed by atoms with Crippen molar-refractivity contribution >= 4 is 11.9 Å². The molecular formula is C12H13F7O4. The fraction of sp³-hybridized carbons (Fsp3) is 0.667. The lowest BCUT2D eigenvalue weighted by Gasteiger charge is -2.28. The zero-order valence-corrected chi connectivity index (χ0v) is 11.8. The number of carbonyl (C=O) groups is 2. The van der Waals surface area contributed by atoms with Crippen LogP contribution in [0, 0.1) is 0 Å². The molecule has 0 aliphatic carbocycles. The number of halogens is 7. The van der Waals surface area contributed by atoms with Gasteiger partial charge in [-0.3, -0.25) is 4.79 Å². The Morgan fingerprint density at radius 1 is 1.04 bits per heavy atom. The molecule has 0 saturated heterocycles. The van der Waals surface area contributed by atoms with Gasteiger partial charge in [0.2, 0.25) is 0 Å². The van der Waals surface area contributed by atoms with Crippen LogP contribution in [0.25, 0.3) is 0 Å². The number of rotatable bonds is 8. The van der Waals surface area contributed by atoms with E-state index in [0.29, 0.717) is 0 Å². The van der Waals surface area contributed by atoms with E-state index in [4.69, 9.17) is 0 Å². The molecule has 4 nitrogen and oxygen atoms in total. The van der Waals surface area contributed by atoms with Crippen LogP contribution in [-0.4, -0.2) is 43.7 Å². The molecule has 0 spiro atoms. The van der Waals surface area contributed by atoms with Crippen molar-refractivity contribution in [3.63, 3.8) is 0 Å². The van der Waals surface area contributed by atoms with Gasteiger partial charge in [-0.2, -0.15) is 30.7 Å². The average molecular weight is 354 g/mol. The fourth-order valence-electron chi connectivity index (χ4n) is 1.29. The Morgan fingerprint density at radius 2 is 1.61 bits per heavy atom. The van der Waals surface area contributed by atoms with E-state index in [1.54, 1.807) is 0 Å². The van der Waals surface area contributed by atoms with Crippen LogP contribution in [0.3, 0.4) is 0 Å². The number of hydrogen-bond donors (Lipinski definition) is 0. The highest BCUT2D eigenvalue weighted by molar-refractivity contribution is 5.89. The first kappa shape index (κ1) is 21.2. The smallest absolute Gasteiger partial charge is 0.438 e. The maximum atomic E-state index is 12.9. The lowest BCUT2D eigenvalue weighted by atomic mass is 10.0. The van der Waals surface area contributed by atoms with E-state index in [1.165, 1.54) is 0 Å². The van der Waals surface area contributed by atoms with Gasteiger partial charge < -0.3 is 9.47 Å². The molecule has 0 radical (unpaired) electrons. The second-order valence-electron chi connectivity index (χ2n) is 4.26. The molecule has 0 aliphatic rings. The van der Waals surface area contributed by atoms with E-state index in [2.05, 4.69) is 9.47 Å². The van der Waals surface area contributed by atoms with Crippen LogP contribution in [0.2, 0.25) is 0 Å². The van der Waals surface area contributed by atoms with Crippen molar-refractivity contribution in [3.8, 4) is 0 Å². The van der Waals surface area contributed by atoms with E-state index in [-0.39, 0.29) is 6.61 Å². The standard InChI is InChI=1S/C12H13F7O4/c1-22-9(21)23-7-3-5-8(20)4-2-6-10(13,14)11(15,16)12(17,18)19/h3,5H,2,4,6-7H2,1H3/b5-3+. The van der Waals surface area contributed by atoms with E-state index in [9.17, 15) is 40.3 Å². The topological polar surface area (TPSA) is 52.6 Å². The molecule has 0 atom stereocenters. The van der Waals surface area contributed by atoms with Gasteiger partial charge in [-0.1, -0.05) is 0 Å². The van der Waals surface area contributed by atoms with Crippen LogP contribution < -0.4 is 0 Å². The third-order valence-electron chi connectivity index (χ3n) is 2.50. The summed E-state index contributed by atoms with van der Waals surface area (Å²) in [5, 5.41) is 0. The summed E-state index contributed by atoms with van der Waals surface area (Å²) < 4.78 is 94.9. The van der Waals surface area contributed by atoms with Gasteiger partial charge in [0, 0.05) is 12.8 Å². The van der Waals surface area contributed by atoms with Crippen molar-refractivity contribution in [3.05, 3.63) is 12.2 Å². The molecule has 0 aromatic rings. The number of methoxy groups -OCH3 is 1. The van der Waals surface area contributed by atoms with Gasteiger partial charge in [0.25, 0.3) is 0 Å². The van der Waals surface area contributed by atoms with Gasteiger partial charge in [-0.15, -0.1) is 0 Å². The van der Waals surface area contributed by atoms with Crippen molar-refractivity contribution in [1.82, 2.24) is 0 Å². The Morgan fingerprint density at radius 3 is 2.09 bits per heavy atom. The number of alkyl halides is 7. The summed E-state index contributed by atoms with van der Waals surface area (Å²) in [5.41, 5.74) is 0. The van der Waals surface area contributed by atoms with Crippen molar-refractivity contribution in [2.45, 2.75) is 37.3 Å². The Balaban J connectivity index is 4.31. The van der Waals surface area contributed by atoms with Crippen molar-refractivity contribution in [1.29, 1.82) is 0 Å². The molecule has 11 heteroatoms. The van der Waals surface area contributed by atoms with Gasteiger partial charge in [-0.05, 0) is 18.6 Å². The highest BCUT2D eigenvalue weighted by Crippen LogP contribution is 2.48. The van der Waals surface area contributed by atoms with E-state index < -0.39 is 49.2 Å². The molecule has 0 heterocycles. The maximum Gasteiger partial charge on any atom is 0.508 e. The average Bonchev–Trinajstić information content (AvgIpc) is 2.41. The summed E-state index contributed by atoms with van der Waals surface area (Å²) in [6, 6.07) is 0. The normalized spacial score (nSPS) is 13.2. The Labute approximate surface area is 126 Å². The molecule has 0 unspecified atom stereocenters. The second-order valence-corrected chi connectivity index (χ2v) is 4.26. The third kappa shape index (κ3) is 6.45. The number of hydrogen-bond acceptors (Lipinski definition) is 4. The fourth-order valence-corrected chi connectivity index (χ4v) is 1.29. The lowest BCUT2D eigenvalue weighted by molar-refractivity contribution is -0.355. The maximum absolute atomic E-state index is 12.9. The third-order valence-corrected chi connectivity index (χ3v) is 2.50. The van der Waals surface area contributed by atoms with Crippen LogP contribution in [0.1, 0.15) is 19.3 Å². The SMILES string of the molecule is COC(=O)OC/C=C/C(=O)CCCC(F)(F)C(F)(F)C(F)(F)F. The van der Waals surface area contributed by atoms with Crippen molar-refractivity contribution in [2.24, 2.45) is 0 Å². The quantitative estimate of drug-likeness (QED) is 0.377. The molecule has 0 N–H and O–H groups in total. The number of carbonyl (C=O) groups excluding carboxylic acids is 2. The van der Waals surface area contributed by atoms with Gasteiger partial charge in [0.15, 0.2) is 5.78 Å². The highest BCUT2D eigenvalue weighted by atomic mass is 19.4. The zero-order chi connectivity index (χ0) is 18.3. The van der Waals surface area contributed by atoms with Gasteiger partial charge in [-0.25, -0.2) is 4.79 Å². The lowest BCUT2D eigenvalue weighted by Crippen LogP contribution is -2.51. The van der Waals surface area contributed by atoms with Crippen LogP contribution in [0.5, 0.6) is 0 Å². The predicted molar refractivity (Wildman–Crippen MR) is 62.3 cm³/mol. The van der Waals surface area contributed by atoms with Crippen LogP contribution in [0.4, 0.5) is 35.5 Å². The largest absolute Gasteiger partial charge is 0.508 e. The number of ether oxygens (including phenoxy) is 2. The van der Waals surface area contributed by atoms with E-state index in [1.807, 2.05) is 0 Å². The minimum Gasteiger partial charge on any atom is -0.438 e. The Bertz CT molecular complexity index is 443. The molecule has 23 heavy (non-hydrogen) atoms. The molecule has 0 fully saturated rings. The monoisotopic (exact) mass is 354 g/mol. The van der Waals surface area contributed by atoms with E-state index in [0.717, 1.165) is 19.3 Å².